The molecule has 0 spiro atoms. The molecule has 1 amide bonds. The Balaban J connectivity index is 1.25. The molecule has 10 heteroatoms. The zero-order valence-corrected chi connectivity index (χ0v) is 21.8. The maximum absolute atomic E-state index is 13.8. The fourth-order valence-electron chi connectivity index (χ4n) is 6.51. The first-order valence-electron chi connectivity index (χ1n) is 13.4. The van der Waals surface area contributed by atoms with Gasteiger partial charge in [0.05, 0.1) is 23.6 Å². The predicted molar refractivity (Wildman–Crippen MR) is 137 cm³/mol. The first kappa shape index (κ1) is 27.5. The van der Waals surface area contributed by atoms with Crippen molar-refractivity contribution in [3.8, 4) is 5.75 Å². The Bertz CT molecular complexity index is 1240. The van der Waals surface area contributed by atoms with Crippen LogP contribution in [0, 0.1) is 5.41 Å². The summed E-state index contributed by atoms with van der Waals surface area (Å²) < 4.78 is 45.4. The number of aliphatic hydroxyl groups is 1. The molecule has 0 radical (unpaired) electrons. The van der Waals surface area contributed by atoms with Gasteiger partial charge in [-0.25, -0.2) is 0 Å². The van der Waals surface area contributed by atoms with Gasteiger partial charge in [-0.05, 0) is 93.9 Å². The number of rotatable bonds is 5. The van der Waals surface area contributed by atoms with Crippen LogP contribution in [0.25, 0.3) is 0 Å². The highest BCUT2D eigenvalue weighted by atomic mass is 19.4. The molecule has 2 heterocycles. The van der Waals surface area contributed by atoms with E-state index >= 15 is 0 Å². The summed E-state index contributed by atoms with van der Waals surface area (Å²) in [7, 11) is 0. The number of alkyl halides is 3. The first-order chi connectivity index (χ1) is 18.5. The molecule has 2 aliphatic heterocycles. The second-order valence-electron chi connectivity index (χ2n) is 11.1. The van der Waals surface area contributed by atoms with E-state index in [1.54, 1.807) is 19.1 Å². The fraction of sp³-hybridized carbons (Fsp3) is 0.517. The number of piperidine rings is 1. The third kappa shape index (κ3) is 5.36. The number of likely N-dealkylation sites (tertiary alicyclic amines) is 1. The van der Waals surface area contributed by atoms with Crippen molar-refractivity contribution in [1.82, 2.24) is 9.80 Å². The summed E-state index contributed by atoms with van der Waals surface area (Å²) in [5, 5.41) is 18.2. The molecule has 1 saturated carbocycles. The molecule has 7 nitrogen and oxygen atoms in total. The minimum atomic E-state index is -4.49. The fourth-order valence-corrected chi connectivity index (χ4v) is 6.51. The van der Waals surface area contributed by atoms with Crippen LogP contribution in [0.15, 0.2) is 42.5 Å². The van der Waals surface area contributed by atoms with Gasteiger partial charge in [0, 0.05) is 16.4 Å². The van der Waals surface area contributed by atoms with Gasteiger partial charge in [0.15, 0.2) is 6.73 Å². The van der Waals surface area contributed by atoms with Gasteiger partial charge in [0.2, 0.25) is 5.91 Å². The van der Waals surface area contributed by atoms with Crippen LogP contribution >= 0.6 is 0 Å². The van der Waals surface area contributed by atoms with E-state index in [9.17, 15) is 27.9 Å². The van der Waals surface area contributed by atoms with E-state index in [4.69, 9.17) is 9.84 Å². The van der Waals surface area contributed by atoms with Gasteiger partial charge in [-0.2, -0.15) is 13.2 Å². The number of fused-ring (bicyclic) bond motifs is 1. The Morgan fingerprint density at radius 3 is 2.54 bits per heavy atom. The average molecular weight is 548 g/mol. The molecule has 0 bridgehead atoms. The number of aliphatic hydroxyl groups excluding tert-OH is 1. The summed E-state index contributed by atoms with van der Waals surface area (Å²) in [4.78, 5) is 29.1. The summed E-state index contributed by atoms with van der Waals surface area (Å²) in [6.45, 7) is 3.19. The molecular weight excluding hydrogens is 513 g/mol. The lowest BCUT2D eigenvalue weighted by atomic mass is 9.79. The molecule has 2 aromatic rings. The van der Waals surface area contributed by atoms with Gasteiger partial charge in [-0.1, -0.05) is 12.1 Å². The van der Waals surface area contributed by atoms with E-state index in [1.165, 1.54) is 11.0 Å². The number of halogens is 3. The number of nitrogens with zero attached hydrogens (tertiary/aromatic N) is 2. The highest BCUT2D eigenvalue weighted by molar-refractivity contribution is 5.87. The lowest BCUT2D eigenvalue weighted by molar-refractivity contribution is -0.153. The van der Waals surface area contributed by atoms with Crippen molar-refractivity contribution < 1.29 is 37.7 Å². The monoisotopic (exact) mass is 547 g/mol. The van der Waals surface area contributed by atoms with Crippen LogP contribution in [0.5, 0.6) is 5.75 Å². The zero-order chi connectivity index (χ0) is 27.9. The molecule has 2 unspecified atom stereocenters. The molecule has 3 aliphatic rings. The molecule has 5 rings (SSSR count). The normalized spacial score (nSPS) is 25.2. The first-order valence-corrected chi connectivity index (χ1v) is 13.4. The molecule has 2 fully saturated rings. The van der Waals surface area contributed by atoms with Crippen molar-refractivity contribution in [3.05, 3.63) is 64.7 Å². The number of amides is 1. The van der Waals surface area contributed by atoms with Crippen LogP contribution < -0.4 is 4.74 Å². The number of benzene rings is 2. The van der Waals surface area contributed by atoms with Gasteiger partial charge in [0.1, 0.15) is 11.3 Å². The Labute approximate surface area is 225 Å². The minimum absolute atomic E-state index is 0.00248. The number of carbonyl (C=O) groups is 2. The third-order valence-corrected chi connectivity index (χ3v) is 8.83. The van der Waals surface area contributed by atoms with Crippen molar-refractivity contribution in [2.45, 2.75) is 69.8 Å². The number of ether oxygens (including phenoxy) is 1. The van der Waals surface area contributed by atoms with Crippen molar-refractivity contribution in [2.24, 2.45) is 5.41 Å². The van der Waals surface area contributed by atoms with E-state index in [1.807, 2.05) is 12.1 Å². The summed E-state index contributed by atoms with van der Waals surface area (Å²) in [6, 6.07) is 10.7. The standard InChI is InChI=1S/C29H33F3N2O5/c1-18(35)28(27(38)34-16-22-14-23(29(30,31)32)5-6-25(22)39-17-34)10-7-24(15-28)33-11-8-19(9-12-33)20-3-2-4-21(13-20)26(36)37/h2-6,13-14,18-19,24,35H,7-12,15-17H2,1H3,(H,36,37)/p+1/t18?,24-,28?/m1/s1. The summed E-state index contributed by atoms with van der Waals surface area (Å²) in [5.41, 5.74) is -0.0475. The highest BCUT2D eigenvalue weighted by Crippen LogP contribution is 2.46. The van der Waals surface area contributed by atoms with E-state index in [-0.39, 0.29) is 31.1 Å². The number of hydrogen-bond donors (Lipinski definition) is 1. The Morgan fingerprint density at radius 2 is 1.87 bits per heavy atom. The van der Waals surface area contributed by atoms with Crippen LogP contribution in [-0.4, -0.2) is 63.9 Å². The van der Waals surface area contributed by atoms with Crippen molar-refractivity contribution >= 4 is 11.9 Å². The quantitative estimate of drug-likeness (QED) is 0.571. The minimum Gasteiger partial charge on any atom is -0.561 e. The van der Waals surface area contributed by atoms with Gasteiger partial charge in [-0.3, -0.25) is 4.79 Å². The van der Waals surface area contributed by atoms with Gasteiger partial charge in [0.25, 0.3) is 0 Å². The van der Waals surface area contributed by atoms with Crippen molar-refractivity contribution in [1.29, 1.82) is 0 Å². The van der Waals surface area contributed by atoms with Crippen molar-refractivity contribution in [3.63, 3.8) is 0 Å². The van der Waals surface area contributed by atoms with Crippen LogP contribution in [0.3, 0.4) is 0 Å². The summed E-state index contributed by atoms with van der Waals surface area (Å²) in [6.07, 6.45) is -1.92. The molecular formula is C29H34F3N2O5+. The third-order valence-electron chi connectivity index (χ3n) is 8.83. The average Bonchev–Trinajstić information content (AvgIpc) is 3.39. The summed E-state index contributed by atoms with van der Waals surface area (Å²) in [5.74, 6) is -0.349. The largest absolute Gasteiger partial charge is 0.561 e. The van der Waals surface area contributed by atoms with Gasteiger partial charge in [-0.15, -0.1) is 0 Å². The lowest BCUT2D eigenvalue weighted by Gasteiger charge is -2.40. The van der Waals surface area contributed by atoms with E-state index in [0.717, 1.165) is 50.0 Å². The lowest BCUT2D eigenvalue weighted by Crippen LogP contribution is -2.51. The molecule has 39 heavy (non-hydrogen) atoms. The van der Waals surface area contributed by atoms with Gasteiger partial charge < -0.3 is 24.7 Å². The Kier molecular flexibility index (Phi) is 7.37. The summed E-state index contributed by atoms with van der Waals surface area (Å²) >= 11 is 0. The molecule has 3 atom stereocenters. The molecule has 0 aromatic heterocycles. The molecule has 1 saturated heterocycles. The van der Waals surface area contributed by atoms with Crippen LogP contribution in [0.2, 0.25) is 0 Å². The second-order valence-corrected chi connectivity index (χ2v) is 11.1. The van der Waals surface area contributed by atoms with E-state index in [2.05, 4.69) is 4.90 Å². The van der Waals surface area contributed by atoms with Crippen LogP contribution in [-0.2, 0) is 17.5 Å². The molecule has 2 aromatic carbocycles. The number of hydrogen-bond acceptors (Lipinski definition) is 5. The molecule has 210 valence electrons. The van der Waals surface area contributed by atoms with Crippen molar-refractivity contribution in [2.75, 3.05) is 19.8 Å². The van der Waals surface area contributed by atoms with Gasteiger partial charge >= 0.3 is 12.1 Å². The van der Waals surface area contributed by atoms with Crippen LogP contribution in [0.1, 0.15) is 72.0 Å². The highest BCUT2D eigenvalue weighted by Gasteiger charge is 2.52. The van der Waals surface area contributed by atoms with E-state index < -0.39 is 29.2 Å². The Morgan fingerprint density at radius 1 is 1.13 bits per heavy atom. The zero-order valence-electron chi connectivity index (χ0n) is 21.8. The maximum atomic E-state index is 13.8. The smallest absolute Gasteiger partial charge is 0.549 e. The number of carbonyl (C=O) groups excluding carboxylic acids is 2. The van der Waals surface area contributed by atoms with E-state index in [0.29, 0.717) is 29.7 Å². The maximum Gasteiger partial charge on any atom is 0.549 e. The molecule has 3 N–H and O–H groups in total. The predicted octanol–water partition coefficient (Wildman–Crippen LogP) is 4.05. The second kappa shape index (κ2) is 10.5. The topological polar surface area (TPSA) is 93.0 Å². The molecule has 1 aliphatic carbocycles. The van der Waals surface area contributed by atoms with Crippen LogP contribution in [0.4, 0.5) is 13.2 Å². The Hall–Kier alpha value is -3.11. The SMILES string of the molecule is CC(O)C1(C(=O)N2COc3ccc(C(F)(F)F)cc3C2)CC[C@@H](N2CCC(c3cccc(C(=O)[OH2+])c3)CC2)C1.